The highest BCUT2D eigenvalue weighted by Crippen LogP contribution is 2.22. The van der Waals surface area contributed by atoms with Crippen LogP contribution in [0.1, 0.15) is 32.8 Å². The Balaban J connectivity index is 2.58. The predicted octanol–water partition coefficient (Wildman–Crippen LogP) is 2.19. The summed E-state index contributed by atoms with van der Waals surface area (Å²) in [5, 5.41) is 9.55. The van der Waals surface area contributed by atoms with Gasteiger partial charge in [0.05, 0.1) is 16.6 Å². The van der Waals surface area contributed by atoms with Crippen LogP contribution in [0.2, 0.25) is 0 Å². The van der Waals surface area contributed by atoms with Crippen LogP contribution >= 0.6 is 0 Å². The van der Waals surface area contributed by atoms with Crippen LogP contribution < -0.4 is 0 Å². The largest absolute Gasteiger partial charge is 0.392 e. The monoisotopic (exact) mass is 270 g/mol. The van der Waals surface area contributed by atoms with Crippen LogP contribution in [-0.2, 0) is 16.3 Å². The lowest BCUT2D eigenvalue weighted by atomic mass is 10.1. The number of hydrogen-bond donors (Lipinski definition) is 1. The zero-order valence-electron chi connectivity index (χ0n) is 11.3. The van der Waals surface area contributed by atoms with Gasteiger partial charge in [-0.15, -0.1) is 0 Å². The molecule has 0 aliphatic carbocycles. The number of benzene rings is 1. The molecule has 0 saturated carbocycles. The Kier molecular flexibility index (Phi) is 4.93. The Morgan fingerprint density at radius 2 is 1.78 bits per heavy atom. The second-order valence-corrected chi connectivity index (χ2v) is 7.88. The standard InChI is InChI=1S/C14H22O3S/c1-12(15)14(2,3)18(16,17)11-7-10-13-8-5-4-6-9-13/h4-6,8-9,12,15H,7,10-11H2,1-3H3/t12-/m0/s1. The highest BCUT2D eigenvalue weighted by Gasteiger charge is 2.38. The number of hydrogen-bond acceptors (Lipinski definition) is 3. The Morgan fingerprint density at radius 1 is 1.22 bits per heavy atom. The molecule has 0 amide bonds. The van der Waals surface area contributed by atoms with Crippen LogP contribution in [0.3, 0.4) is 0 Å². The van der Waals surface area contributed by atoms with Crippen LogP contribution in [0, 0.1) is 0 Å². The normalized spacial score (nSPS) is 14.4. The summed E-state index contributed by atoms with van der Waals surface area (Å²) in [7, 11) is -3.28. The molecular weight excluding hydrogens is 248 g/mol. The van der Waals surface area contributed by atoms with Crippen LogP contribution in [-0.4, -0.2) is 30.1 Å². The second-order valence-electron chi connectivity index (χ2n) is 5.19. The smallest absolute Gasteiger partial charge is 0.157 e. The van der Waals surface area contributed by atoms with E-state index in [1.165, 1.54) is 6.92 Å². The molecule has 0 fully saturated rings. The average Bonchev–Trinajstić information content (AvgIpc) is 2.29. The van der Waals surface area contributed by atoms with E-state index in [9.17, 15) is 13.5 Å². The van der Waals surface area contributed by atoms with Crippen molar-refractivity contribution in [3.05, 3.63) is 35.9 Å². The maximum atomic E-state index is 12.1. The maximum Gasteiger partial charge on any atom is 0.157 e. The molecule has 1 N–H and O–H groups in total. The molecule has 1 rings (SSSR count). The number of aliphatic hydroxyl groups is 1. The summed E-state index contributed by atoms with van der Waals surface area (Å²) in [5.41, 5.74) is 1.14. The van der Waals surface area contributed by atoms with Crippen molar-refractivity contribution in [3.63, 3.8) is 0 Å². The lowest BCUT2D eigenvalue weighted by Gasteiger charge is -2.27. The minimum atomic E-state index is -3.28. The lowest BCUT2D eigenvalue weighted by Crippen LogP contribution is -2.43. The molecule has 1 aromatic carbocycles. The molecule has 102 valence electrons. The van der Waals surface area contributed by atoms with Gasteiger partial charge in [0, 0.05) is 0 Å². The molecule has 0 aliphatic heterocycles. The van der Waals surface area contributed by atoms with Gasteiger partial charge in [0.1, 0.15) is 0 Å². The molecule has 0 bridgehead atoms. The molecule has 4 heteroatoms. The van der Waals surface area contributed by atoms with Gasteiger partial charge in [-0.1, -0.05) is 30.3 Å². The molecule has 1 atom stereocenters. The number of aryl methyl sites for hydroxylation is 1. The van der Waals surface area contributed by atoms with E-state index in [0.29, 0.717) is 6.42 Å². The molecule has 0 spiro atoms. The zero-order chi connectivity index (χ0) is 13.8. The van der Waals surface area contributed by atoms with Gasteiger partial charge in [0.25, 0.3) is 0 Å². The topological polar surface area (TPSA) is 54.4 Å². The van der Waals surface area contributed by atoms with Gasteiger partial charge in [-0.3, -0.25) is 0 Å². The van der Waals surface area contributed by atoms with Crippen molar-refractivity contribution in [3.8, 4) is 0 Å². The van der Waals surface area contributed by atoms with E-state index in [2.05, 4.69) is 0 Å². The van der Waals surface area contributed by atoms with Crippen molar-refractivity contribution in [1.29, 1.82) is 0 Å². The minimum absolute atomic E-state index is 0.111. The van der Waals surface area contributed by atoms with Crippen LogP contribution in [0.15, 0.2) is 30.3 Å². The number of rotatable bonds is 6. The van der Waals surface area contributed by atoms with E-state index in [1.54, 1.807) is 13.8 Å². The van der Waals surface area contributed by atoms with Gasteiger partial charge < -0.3 is 5.11 Å². The first kappa shape index (κ1) is 15.2. The van der Waals surface area contributed by atoms with Crippen molar-refractivity contribution >= 4 is 9.84 Å². The highest BCUT2D eigenvalue weighted by molar-refractivity contribution is 7.92. The van der Waals surface area contributed by atoms with Crippen molar-refractivity contribution in [1.82, 2.24) is 0 Å². The summed E-state index contributed by atoms with van der Waals surface area (Å²) in [5.74, 6) is 0.111. The van der Waals surface area contributed by atoms with Crippen molar-refractivity contribution < 1.29 is 13.5 Å². The third kappa shape index (κ3) is 3.56. The first-order valence-corrected chi connectivity index (χ1v) is 7.87. The van der Waals surface area contributed by atoms with Gasteiger partial charge >= 0.3 is 0 Å². The highest BCUT2D eigenvalue weighted by atomic mass is 32.2. The van der Waals surface area contributed by atoms with Gasteiger partial charge in [0.15, 0.2) is 9.84 Å². The Hall–Kier alpha value is -0.870. The van der Waals surface area contributed by atoms with Gasteiger partial charge in [-0.2, -0.15) is 0 Å². The molecule has 1 aromatic rings. The average molecular weight is 270 g/mol. The van der Waals surface area contributed by atoms with Crippen molar-refractivity contribution in [2.75, 3.05) is 5.75 Å². The third-order valence-electron chi connectivity index (χ3n) is 3.53. The van der Waals surface area contributed by atoms with Gasteiger partial charge in [0.2, 0.25) is 0 Å². The zero-order valence-corrected chi connectivity index (χ0v) is 12.1. The lowest BCUT2D eigenvalue weighted by molar-refractivity contribution is 0.156. The maximum absolute atomic E-state index is 12.1. The molecule has 0 unspecified atom stereocenters. The molecule has 0 aromatic heterocycles. The predicted molar refractivity (Wildman–Crippen MR) is 74.3 cm³/mol. The summed E-state index contributed by atoms with van der Waals surface area (Å²) in [4.78, 5) is 0. The fraction of sp³-hybridized carbons (Fsp3) is 0.571. The van der Waals surface area contributed by atoms with E-state index < -0.39 is 20.7 Å². The first-order valence-electron chi connectivity index (χ1n) is 6.21. The summed E-state index contributed by atoms with van der Waals surface area (Å²) in [6, 6.07) is 9.82. The summed E-state index contributed by atoms with van der Waals surface area (Å²) in [6.45, 7) is 4.68. The van der Waals surface area contributed by atoms with E-state index >= 15 is 0 Å². The number of aliphatic hydroxyl groups excluding tert-OH is 1. The van der Waals surface area contributed by atoms with E-state index in [-0.39, 0.29) is 5.75 Å². The van der Waals surface area contributed by atoms with E-state index in [4.69, 9.17) is 0 Å². The van der Waals surface area contributed by atoms with E-state index in [0.717, 1.165) is 12.0 Å². The molecule has 0 heterocycles. The van der Waals surface area contributed by atoms with Crippen LogP contribution in [0.4, 0.5) is 0 Å². The SMILES string of the molecule is C[C@H](O)C(C)(C)S(=O)(=O)CCCc1ccccc1. The summed E-state index contributed by atoms with van der Waals surface area (Å²) < 4.78 is 23.2. The van der Waals surface area contributed by atoms with Gasteiger partial charge in [-0.25, -0.2) is 8.42 Å². The molecule has 18 heavy (non-hydrogen) atoms. The third-order valence-corrected chi connectivity index (χ3v) is 6.30. The van der Waals surface area contributed by atoms with Crippen molar-refractivity contribution in [2.24, 2.45) is 0 Å². The summed E-state index contributed by atoms with van der Waals surface area (Å²) in [6.07, 6.45) is 0.470. The fourth-order valence-corrected chi connectivity index (χ4v) is 3.20. The molecule has 0 aliphatic rings. The molecule has 3 nitrogen and oxygen atoms in total. The Labute approximate surface area is 110 Å². The molecule has 0 radical (unpaired) electrons. The first-order chi connectivity index (χ1) is 8.27. The Morgan fingerprint density at radius 3 is 2.28 bits per heavy atom. The minimum Gasteiger partial charge on any atom is -0.392 e. The van der Waals surface area contributed by atoms with Crippen molar-refractivity contribution in [2.45, 2.75) is 44.5 Å². The fourth-order valence-electron chi connectivity index (χ4n) is 1.63. The second kappa shape index (κ2) is 5.85. The Bertz CT molecular complexity index is 461. The number of sulfone groups is 1. The van der Waals surface area contributed by atoms with Crippen LogP contribution in [0.5, 0.6) is 0 Å². The quantitative estimate of drug-likeness (QED) is 0.862. The molecular formula is C14H22O3S. The summed E-state index contributed by atoms with van der Waals surface area (Å²) >= 11 is 0. The molecule has 0 saturated heterocycles. The van der Waals surface area contributed by atoms with Crippen LogP contribution in [0.25, 0.3) is 0 Å². The van der Waals surface area contributed by atoms with Gasteiger partial charge in [-0.05, 0) is 39.2 Å². The van der Waals surface area contributed by atoms with E-state index in [1.807, 2.05) is 30.3 Å².